The highest BCUT2D eigenvalue weighted by Crippen LogP contribution is 2.11. The first-order chi connectivity index (χ1) is 13.1. The van der Waals surface area contributed by atoms with Crippen molar-refractivity contribution in [2.24, 2.45) is 4.99 Å². The predicted molar refractivity (Wildman–Crippen MR) is 132 cm³/mol. The van der Waals surface area contributed by atoms with E-state index in [4.69, 9.17) is 4.99 Å². The molecule has 0 unspecified atom stereocenters. The van der Waals surface area contributed by atoms with Gasteiger partial charge >= 0.3 is 0 Å². The average Bonchev–Trinajstić information content (AvgIpc) is 3.10. The minimum Gasteiger partial charge on any atom is -0.357 e. The predicted octanol–water partition coefficient (Wildman–Crippen LogP) is 4.21. The van der Waals surface area contributed by atoms with Crippen molar-refractivity contribution in [1.29, 1.82) is 0 Å². The Kier molecular flexibility index (Phi) is 12.3. The third-order valence-electron chi connectivity index (χ3n) is 4.39. The van der Waals surface area contributed by atoms with Crippen molar-refractivity contribution in [3.63, 3.8) is 0 Å². The molecule has 0 atom stereocenters. The van der Waals surface area contributed by atoms with Gasteiger partial charge in [0.1, 0.15) is 0 Å². The number of benzene rings is 1. The Hall–Kier alpha value is -1.19. The van der Waals surface area contributed by atoms with Crippen molar-refractivity contribution >= 4 is 41.3 Å². The fraction of sp³-hybridized carbons (Fsp3) is 0.524. The largest absolute Gasteiger partial charge is 0.357 e. The summed E-state index contributed by atoms with van der Waals surface area (Å²) in [5.41, 5.74) is 2.58. The van der Waals surface area contributed by atoms with E-state index in [0.717, 1.165) is 45.1 Å². The summed E-state index contributed by atoms with van der Waals surface area (Å²) in [4.78, 5) is 12.8. The summed E-state index contributed by atoms with van der Waals surface area (Å²) in [6, 6.07) is 8.80. The number of thiazole rings is 1. The molecule has 0 amide bonds. The van der Waals surface area contributed by atoms with Gasteiger partial charge in [-0.05, 0) is 38.1 Å². The molecule has 1 aromatic carbocycles. The molecule has 5 nitrogen and oxygen atoms in total. The number of rotatable bonds is 10. The molecule has 2 rings (SSSR count). The molecule has 2 N–H and O–H groups in total. The molecule has 0 aliphatic heterocycles. The van der Waals surface area contributed by atoms with Crippen molar-refractivity contribution in [2.45, 2.75) is 47.2 Å². The molecular formula is C21H34IN5S. The van der Waals surface area contributed by atoms with E-state index >= 15 is 0 Å². The second-order valence-corrected chi connectivity index (χ2v) is 7.83. The van der Waals surface area contributed by atoms with Crippen LogP contribution >= 0.6 is 35.3 Å². The van der Waals surface area contributed by atoms with Gasteiger partial charge in [0.15, 0.2) is 5.96 Å². The lowest BCUT2D eigenvalue weighted by Gasteiger charge is -2.18. The first kappa shape index (κ1) is 24.8. The van der Waals surface area contributed by atoms with Crippen LogP contribution in [-0.4, -0.2) is 42.0 Å². The third kappa shape index (κ3) is 8.87. The summed E-state index contributed by atoms with van der Waals surface area (Å²) in [5, 5.41) is 7.88. The first-order valence-electron chi connectivity index (χ1n) is 9.88. The lowest BCUT2D eigenvalue weighted by Crippen LogP contribution is -2.38. The van der Waals surface area contributed by atoms with Crippen LogP contribution in [0.1, 0.15) is 41.8 Å². The van der Waals surface area contributed by atoms with Gasteiger partial charge in [-0.3, -0.25) is 4.90 Å². The standard InChI is InChI=1S/C21H33N5S.HI/c1-5-22-21(23-13-12-20-24-14-17(4)27-20)25-15-18-8-10-19(11-9-18)16-26(6-2)7-3;/h8-11,14H,5-7,12-13,15-16H2,1-4H3,(H2,22,23,25);1H. The van der Waals surface area contributed by atoms with E-state index in [-0.39, 0.29) is 24.0 Å². The fourth-order valence-electron chi connectivity index (χ4n) is 2.77. The Morgan fingerprint density at radius 1 is 1.07 bits per heavy atom. The van der Waals surface area contributed by atoms with Crippen LogP contribution in [0.3, 0.4) is 0 Å². The lowest BCUT2D eigenvalue weighted by molar-refractivity contribution is 0.296. The van der Waals surface area contributed by atoms with Crippen LogP contribution in [0, 0.1) is 6.92 Å². The summed E-state index contributed by atoms with van der Waals surface area (Å²) < 4.78 is 0. The van der Waals surface area contributed by atoms with E-state index < -0.39 is 0 Å². The van der Waals surface area contributed by atoms with Gasteiger partial charge in [-0.2, -0.15) is 0 Å². The minimum atomic E-state index is 0. The topological polar surface area (TPSA) is 52.6 Å². The van der Waals surface area contributed by atoms with Crippen molar-refractivity contribution in [3.8, 4) is 0 Å². The van der Waals surface area contributed by atoms with Crippen molar-refractivity contribution in [3.05, 3.63) is 51.5 Å². The van der Waals surface area contributed by atoms with Gasteiger partial charge in [0.2, 0.25) is 0 Å². The van der Waals surface area contributed by atoms with E-state index in [0.29, 0.717) is 6.54 Å². The molecule has 7 heteroatoms. The molecule has 0 fully saturated rings. The Morgan fingerprint density at radius 2 is 1.75 bits per heavy atom. The molecule has 0 bridgehead atoms. The molecular weight excluding hydrogens is 481 g/mol. The van der Waals surface area contributed by atoms with E-state index in [1.165, 1.54) is 21.0 Å². The molecule has 1 aromatic heterocycles. The number of guanidine groups is 1. The molecule has 0 spiro atoms. The van der Waals surface area contributed by atoms with Gasteiger partial charge in [0.05, 0.1) is 11.6 Å². The van der Waals surface area contributed by atoms with Gasteiger partial charge in [-0.1, -0.05) is 38.1 Å². The number of aryl methyl sites for hydroxylation is 1. The highest BCUT2D eigenvalue weighted by atomic mass is 127. The molecule has 156 valence electrons. The van der Waals surface area contributed by atoms with Crippen LogP contribution < -0.4 is 10.6 Å². The molecule has 28 heavy (non-hydrogen) atoms. The van der Waals surface area contributed by atoms with Gasteiger partial charge < -0.3 is 10.6 Å². The second kappa shape index (κ2) is 13.9. The number of hydrogen-bond acceptors (Lipinski definition) is 4. The summed E-state index contributed by atoms with van der Waals surface area (Å²) in [7, 11) is 0. The SMILES string of the molecule is CCNC(=NCc1ccc(CN(CC)CC)cc1)NCCc1ncc(C)s1.I. The highest BCUT2D eigenvalue weighted by Gasteiger charge is 2.03. The number of nitrogens with one attached hydrogen (secondary N) is 2. The Balaban J connectivity index is 0.00000392. The summed E-state index contributed by atoms with van der Waals surface area (Å²) in [6.45, 7) is 14.1. The summed E-state index contributed by atoms with van der Waals surface area (Å²) >= 11 is 1.76. The number of hydrogen-bond donors (Lipinski definition) is 2. The Labute approximate surface area is 191 Å². The maximum atomic E-state index is 4.71. The highest BCUT2D eigenvalue weighted by molar-refractivity contribution is 14.0. The molecule has 0 saturated carbocycles. The fourth-order valence-corrected chi connectivity index (χ4v) is 3.56. The summed E-state index contributed by atoms with van der Waals surface area (Å²) in [5.74, 6) is 0.859. The second-order valence-electron chi connectivity index (χ2n) is 6.51. The maximum Gasteiger partial charge on any atom is 0.191 e. The molecule has 0 aliphatic rings. The van der Waals surface area contributed by atoms with E-state index in [9.17, 15) is 0 Å². The van der Waals surface area contributed by atoms with Crippen LogP contribution in [0.2, 0.25) is 0 Å². The van der Waals surface area contributed by atoms with Crippen LogP contribution in [0.25, 0.3) is 0 Å². The van der Waals surface area contributed by atoms with E-state index in [1.807, 2.05) is 6.20 Å². The van der Waals surface area contributed by atoms with Crippen LogP contribution in [0.4, 0.5) is 0 Å². The van der Waals surface area contributed by atoms with Crippen molar-refractivity contribution in [1.82, 2.24) is 20.5 Å². The molecule has 2 aromatic rings. The van der Waals surface area contributed by atoms with Crippen LogP contribution in [0.5, 0.6) is 0 Å². The van der Waals surface area contributed by atoms with Gasteiger partial charge in [0, 0.05) is 37.1 Å². The van der Waals surface area contributed by atoms with E-state index in [1.54, 1.807) is 11.3 Å². The quantitative estimate of drug-likeness (QED) is 0.283. The van der Waals surface area contributed by atoms with Crippen LogP contribution in [0.15, 0.2) is 35.5 Å². The van der Waals surface area contributed by atoms with Gasteiger partial charge in [0.25, 0.3) is 0 Å². The molecule has 0 radical (unpaired) electrons. The van der Waals surface area contributed by atoms with Crippen molar-refractivity contribution < 1.29 is 0 Å². The monoisotopic (exact) mass is 515 g/mol. The Morgan fingerprint density at radius 3 is 2.32 bits per heavy atom. The number of aromatic nitrogens is 1. The normalized spacial score (nSPS) is 11.4. The Bertz CT molecular complexity index is 695. The number of halogens is 1. The average molecular weight is 516 g/mol. The molecule has 0 saturated heterocycles. The van der Waals surface area contributed by atoms with Crippen LogP contribution in [-0.2, 0) is 19.5 Å². The van der Waals surface area contributed by atoms with Gasteiger partial charge in [-0.25, -0.2) is 9.98 Å². The summed E-state index contributed by atoms with van der Waals surface area (Å²) in [6.07, 6.45) is 2.85. The zero-order valence-electron chi connectivity index (χ0n) is 17.5. The molecule has 0 aliphatic carbocycles. The number of nitrogens with zero attached hydrogens (tertiary/aromatic N) is 3. The van der Waals surface area contributed by atoms with Crippen molar-refractivity contribution in [2.75, 3.05) is 26.2 Å². The zero-order chi connectivity index (χ0) is 19.5. The minimum absolute atomic E-state index is 0. The maximum absolute atomic E-state index is 4.71. The first-order valence-corrected chi connectivity index (χ1v) is 10.7. The van der Waals surface area contributed by atoms with E-state index in [2.05, 4.69) is 72.5 Å². The van der Waals surface area contributed by atoms with Gasteiger partial charge in [-0.15, -0.1) is 35.3 Å². The molecule has 1 heterocycles. The lowest BCUT2D eigenvalue weighted by atomic mass is 10.1. The zero-order valence-corrected chi connectivity index (χ0v) is 20.6. The smallest absolute Gasteiger partial charge is 0.191 e. The third-order valence-corrected chi connectivity index (χ3v) is 5.36. The number of aliphatic imine (C=N–C) groups is 1.